The number of hydrogen-bond donors (Lipinski definition) is 1. The van der Waals surface area contributed by atoms with E-state index in [4.69, 9.17) is 4.74 Å². The van der Waals surface area contributed by atoms with Crippen molar-refractivity contribution in [1.82, 2.24) is 29.6 Å². The number of aromatic nitrogens is 5. The molecule has 3 atom stereocenters. The Balaban J connectivity index is 1.26. The van der Waals surface area contributed by atoms with Gasteiger partial charge in [-0.1, -0.05) is 18.2 Å². The number of aryl methyl sites for hydroxylation is 3. The van der Waals surface area contributed by atoms with Crippen molar-refractivity contribution in [2.24, 2.45) is 5.41 Å². The largest absolute Gasteiger partial charge is 0.433 e. The lowest BCUT2D eigenvalue weighted by Gasteiger charge is -2.27. The molecule has 0 radical (unpaired) electrons. The molecule has 2 bridgehead atoms. The first-order valence-electron chi connectivity index (χ1n) is 16.1. The quantitative estimate of drug-likeness (QED) is 0.290. The number of alkyl halides is 3. The van der Waals surface area contributed by atoms with Gasteiger partial charge in [-0.05, 0) is 80.8 Å². The van der Waals surface area contributed by atoms with Gasteiger partial charge in [-0.25, -0.2) is 15.0 Å². The predicted octanol–water partition coefficient (Wildman–Crippen LogP) is 5.30. The normalized spacial score (nSPS) is 22.5. The maximum atomic E-state index is 14.3. The number of carbonyl (C=O) groups excluding carboxylic acids is 2. The molecule has 2 amide bonds. The van der Waals surface area contributed by atoms with E-state index in [1.807, 2.05) is 18.2 Å². The SMILES string of the molecule is Cc1ncc(-c2cc3c4c(c2)c(C#N)nn4CC(=O)N2[C@H](C(=O)Nc4nc(C(F)(F)F)ccc4C)C[C@@]4(COCC=CCCC3)C[C@@H]24)cn1. The Bertz CT molecular complexity index is 2030. The number of hydrogen-bond acceptors (Lipinski definition) is 8. The minimum atomic E-state index is -4.69. The van der Waals surface area contributed by atoms with Gasteiger partial charge in [0.2, 0.25) is 11.8 Å². The average Bonchev–Trinajstić information content (AvgIpc) is 3.48. The van der Waals surface area contributed by atoms with E-state index in [1.54, 1.807) is 26.2 Å². The monoisotopic (exact) mass is 670 g/mol. The summed E-state index contributed by atoms with van der Waals surface area (Å²) in [6, 6.07) is 6.89. The van der Waals surface area contributed by atoms with E-state index < -0.39 is 29.2 Å². The summed E-state index contributed by atoms with van der Waals surface area (Å²) >= 11 is 0. The average molecular weight is 671 g/mol. The van der Waals surface area contributed by atoms with Gasteiger partial charge in [0.05, 0.1) is 18.7 Å². The Morgan fingerprint density at radius 1 is 1.12 bits per heavy atom. The number of anilines is 1. The van der Waals surface area contributed by atoms with Gasteiger partial charge in [0.15, 0.2) is 5.69 Å². The smallest absolute Gasteiger partial charge is 0.377 e. The number of ether oxygens (including phenoxy) is 1. The molecule has 11 nitrogen and oxygen atoms in total. The summed E-state index contributed by atoms with van der Waals surface area (Å²) in [5.74, 6) is -0.590. The highest BCUT2D eigenvalue weighted by molar-refractivity contribution is 5.98. The number of benzene rings is 1. The molecule has 1 N–H and O–H groups in total. The number of rotatable bonds is 3. The lowest BCUT2D eigenvalue weighted by molar-refractivity contribution is -0.141. The van der Waals surface area contributed by atoms with E-state index in [-0.39, 0.29) is 36.4 Å². The van der Waals surface area contributed by atoms with Crippen molar-refractivity contribution in [2.45, 2.75) is 70.8 Å². The maximum absolute atomic E-state index is 14.3. The summed E-state index contributed by atoms with van der Waals surface area (Å²) in [5.41, 5.74) is 2.09. The van der Waals surface area contributed by atoms with Gasteiger partial charge in [-0.2, -0.15) is 23.5 Å². The van der Waals surface area contributed by atoms with Crippen LogP contribution in [0.25, 0.3) is 22.0 Å². The van der Waals surface area contributed by atoms with Gasteiger partial charge in [0, 0.05) is 34.8 Å². The second-order valence-electron chi connectivity index (χ2n) is 13.0. The number of amides is 2. The Morgan fingerprint density at radius 3 is 2.67 bits per heavy atom. The van der Waals surface area contributed by atoms with Crippen molar-refractivity contribution in [3.63, 3.8) is 0 Å². The Labute approximate surface area is 279 Å². The third-order valence-corrected chi connectivity index (χ3v) is 9.65. The van der Waals surface area contributed by atoms with E-state index >= 15 is 0 Å². The van der Waals surface area contributed by atoms with Crippen LogP contribution < -0.4 is 5.32 Å². The molecule has 2 fully saturated rings. The number of nitrogens with one attached hydrogen (secondary N) is 1. The summed E-state index contributed by atoms with van der Waals surface area (Å²) in [4.78, 5) is 41.9. The second-order valence-corrected chi connectivity index (χ2v) is 13.0. The molecular weight excluding hydrogens is 637 g/mol. The van der Waals surface area contributed by atoms with Gasteiger partial charge in [-0.3, -0.25) is 14.3 Å². The highest BCUT2D eigenvalue weighted by atomic mass is 19.4. The molecule has 1 saturated carbocycles. The summed E-state index contributed by atoms with van der Waals surface area (Å²) in [7, 11) is 0. The van der Waals surface area contributed by atoms with E-state index in [1.165, 1.54) is 15.6 Å². The fourth-order valence-corrected chi connectivity index (χ4v) is 7.07. The molecule has 49 heavy (non-hydrogen) atoms. The fraction of sp³-hybridized carbons (Fsp3) is 0.400. The highest BCUT2D eigenvalue weighted by Gasteiger charge is 2.67. The van der Waals surface area contributed by atoms with Crippen molar-refractivity contribution in [3.8, 4) is 17.2 Å². The number of carbonyl (C=O) groups is 2. The lowest BCUT2D eigenvalue weighted by atomic mass is 9.98. The molecule has 7 rings (SSSR count). The van der Waals surface area contributed by atoms with Crippen LogP contribution in [0.5, 0.6) is 0 Å². The predicted molar refractivity (Wildman–Crippen MR) is 172 cm³/mol. The van der Waals surface area contributed by atoms with E-state index in [2.05, 4.69) is 37.5 Å². The molecule has 1 aliphatic carbocycles. The number of nitrogens with zero attached hydrogens (tertiary/aromatic N) is 7. The standard InChI is InChI=1S/C35H33F3N8O3/c1-20-8-9-28(35(36,37)38)42-32(20)43-33(48)27-13-34-14-29(34)46(27)30(47)18-45-31-22(7-5-3-4-6-10-49-19-34)11-23(12-25(31)26(15-39)44-45)24-16-40-21(2)41-17-24/h4,6,8-9,11-12,16-17,27,29H,3,5,7,10,13-14,18-19H2,1-2H3,(H,42,43,48)/t27-,29+,34-/m0/s1. The number of pyridine rings is 1. The lowest BCUT2D eigenvalue weighted by Crippen LogP contribution is -2.47. The van der Waals surface area contributed by atoms with Gasteiger partial charge in [0.1, 0.15) is 36.0 Å². The zero-order chi connectivity index (χ0) is 34.5. The summed E-state index contributed by atoms with van der Waals surface area (Å²) in [6.07, 6.45) is 5.91. The number of allylic oxidation sites excluding steroid dienone is 1. The molecule has 3 aromatic heterocycles. The zero-order valence-electron chi connectivity index (χ0n) is 26.9. The third-order valence-electron chi connectivity index (χ3n) is 9.65. The van der Waals surface area contributed by atoms with Crippen LogP contribution in [0.3, 0.4) is 0 Å². The van der Waals surface area contributed by atoms with E-state index in [0.717, 1.165) is 35.6 Å². The molecule has 14 heteroatoms. The van der Waals surface area contributed by atoms with E-state index in [9.17, 15) is 28.0 Å². The third kappa shape index (κ3) is 6.14. The first-order chi connectivity index (χ1) is 23.5. The maximum Gasteiger partial charge on any atom is 0.433 e. The van der Waals surface area contributed by atoms with Crippen molar-refractivity contribution in [3.05, 3.63) is 77.2 Å². The summed E-state index contributed by atoms with van der Waals surface area (Å²) in [6.45, 7) is 3.82. The molecule has 3 aliphatic rings. The molecule has 1 saturated heterocycles. The highest BCUT2D eigenvalue weighted by Crippen LogP contribution is 2.60. The van der Waals surface area contributed by atoms with Crippen molar-refractivity contribution >= 4 is 28.5 Å². The van der Waals surface area contributed by atoms with Crippen LogP contribution in [0.2, 0.25) is 0 Å². The molecule has 0 unspecified atom stereocenters. The van der Waals surface area contributed by atoms with Gasteiger partial charge in [0.25, 0.3) is 0 Å². The van der Waals surface area contributed by atoms with Gasteiger partial charge < -0.3 is 15.0 Å². The van der Waals surface area contributed by atoms with Crippen molar-refractivity contribution < 1.29 is 27.5 Å². The molecule has 0 spiro atoms. The van der Waals surface area contributed by atoms with Gasteiger partial charge in [-0.15, -0.1) is 0 Å². The Morgan fingerprint density at radius 2 is 1.92 bits per heavy atom. The van der Waals surface area contributed by atoms with Crippen LogP contribution >= 0.6 is 0 Å². The Hall–Kier alpha value is -5.16. The first kappa shape index (κ1) is 32.4. The molecule has 1 aromatic carbocycles. The molecule has 2 aliphatic heterocycles. The zero-order valence-corrected chi connectivity index (χ0v) is 26.9. The van der Waals surface area contributed by atoms with Crippen molar-refractivity contribution in [1.29, 1.82) is 5.26 Å². The minimum Gasteiger partial charge on any atom is -0.377 e. The number of halogens is 3. The van der Waals surface area contributed by atoms with Crippen LogP contribution in [-0.2, 0) is 33.5 Å². The van der Waals surface area contributed by atoms with Crippen LogP contribution in [0.4, 0.5) is 19.0 Å². The van der Waals surface area contributed by atoms with Gasteiger partial charge >= 0.3 is 6.18 Å². The van der Waals surface area contributed by atoms with Crippen LogP contribution in [0, 0.1) is 30.6 Å². The molecule has 5 heterocycles. The summed E-state index contributed by atoms with van der Waals surface area (Å²) < 4.78 is 47.8. The van der Waals surface area contributed by atoms with Crippen LogP contribution in [0.1, 0.15) is 54.0 Å². The van der Waals surface area contributed by atoms with Crippen LogP contribution in [-0.4, -0.2) is 66.7 Å². The second kappa shape index (κ2) is 12.4. The molecule has 252 valence electrons. The first-order valence-corrected chi connectivity index (χ1v) is 16.1. The Kier molecular flexibility index (Phi) is 8.18. The molecular formula is C35H33F3N8O3. The fourth-order valence-electron chi connectivity index (χ4n) is 7.07. The molecule has 4 aromatic rings. The van der Waals surface area contributed by atoms with Crippen LogP contribution in [0.15, 0.2) is 48.8 Å². The number of piperidine rings is 1. The summed E-state index contributed by atoms with van der Waals surface area (Å²) in [5, 5.41) is 17.8. The van der Waals surface area contributed by atoms with Crippen molar-refractivity contribution in [2.75, 3.05) is 18.5 Å². The minimum absolute atomic E-state index is 0.160. The number of nitriles is 1. The van der Waals surface area contributed by atoms with E-state index in [0.29, 0.717) is 48.3 Å². The topological polar surface area (TPSA) is 139 Å².